The summed E-state index contributed by atoms with van der Waals surface area (Å²) < 4.78 is 0. The van der Waals surface area contributed by atoms with Gasteiger partial charge in [-0.2, -0.15) is 5.10 Å². The lowest BCUT2D eigenvalue weighted by Gasteiger charge is -1.97. The first kappa shape index (κ1) is 9.39. The molecule has 0 bridgehead atoms. The maximum absolute atomic E-state index is 10.8. The lowest BCUT2D eigenvalue weighted by atomic mass is 10.2. The summed E-state index contributed by atoms with van der Waals surface area (Å²) >= 11 is 0. The highest BCUT2D eigenvalue weighted by atomic mass is 16.2. The molecule has 1 amide bonds. The van der Waals surface area contributed by atoms with Gasteiger partial charge in [-0.05, 0) is 5.56 Å². The zero-order chi connectivity index (χ0) is 10.5. The molecule has 1 aliphatic rings. The number of guanidine groups is 1. The van der Waals surface area contributed by atoms with Crippen LogP contribution in [0.3, 0.4) is 0 Å². The van der Waals surface area contributed by atoms with Crippen molar-refractivity contribution in [1.29, 1.82) is 0 Å². The van der Waals surface area contributed by atoms with E-state index in [0.29, 0.717) is 5.96 Å². The third-order valence-corrected chi connectivity index (χ3v) is 1.82. The van der Waals surface area contributed by atoms with Crippen molar-refractivity contribution in [2.24, 2.45) is 10.1 Å². The van der Waals surface area contributed by atoms with E-state index < -0.39 is 0 Å². The van der Waals surface area contributed by atoms with E-state index in [9.17, 15) is 4.79 Å². The smallest absolute Gasteiger partial charge is 0.248 e. The molecule has 0 atom stereocenters. The molecule has 15 heavy (non-hydrogen) atoms. The second-order valence-corrected chi connectivity index (χ2v) is 2.99. The maximum Gasteiger partial charge on any atom is 0.248 e. The van der Waals surface area contributed by atoms with E-state index in [-0.39, 0.29) is 12.5 Å². The number of hydrogen-bond acceptors (Lipinski definition) is 4. The van der Waals surface area contributed by atoms with Gasteiger partial charge < -0.3 is 0 Å². The van der Waals surface area contributed by atoms with E-state index in [4.69, 9.17) is 0 Å². The summed E-state index contributed by atoms with van der Waals surface area (Å²) in [6.45, 7) is 0.170. The molecular formula is C10H10N4O. The van der Waals surface area contributed by atoms with Crippen LogP contribution in [0.15, 0.2) is 40.4 Å². The Morgan fingerprint density at radius 1 is 1.40 bits per heavy atom. The molecule has 0 saturated carbocycles. The van der Waals surface area contributed by atoms with Gasteiger partial charge in [-0.15, -0.1) is 0 Å². The van der Waals surface area contributed by atoms with Crippen LogP contribution in [0.25, 0.3) is 0 Å². The molecular weight excluding hydrogens is 192 g/mol. The van der Waals surface area contributed by atoms with Crippen molar-refractivity contribution in [2.45, 2.75) is 0 Å². The number of hydrogen-bond donors (Lipinski definition) is 2. The van der Waals surface area contributed by atoms with Gasteiger partial charge in [0.1, 0.15) is 6.54 Å². The van der Waals surface area contributed by atoms with Crippen LogP contribution in [-0.4, -0.2) is 24.6 Å². The Morgan fingerprint density at radius 3 is 2.87 bits per heavy atom. The average molecular weight is 202 g/mol. The summed E-state index contributed by atoms with van der Waals surface area (Å²) in [7, 11) is 0. The van der Waals surface area contributed by atoms with Crippen molar-refractivity contribution in [3.63, 3.8) is 0 Å². The SMILES string of the molecule is O=C1CN=C(NN=Cc2ccccc2)N1. The first-order valence-electron chi connectivity index (χ1n) is 4.53. The number of carbonyl (C=O) groups excluding carboxylic acids is 1. The number of aliphatic imine (C=N–C) groups is 1. The topological polar surface area (TPSA) is 65.8 Å². The van der Waals surface area contributed by atoms with Crippen LogP contribution in [0, 0.1) is 0 Å². The number of benzene rings is 1. The molecule has 1 aliphatic heterocycles. The molecule has 0 radical (unpaired) electrons. The van der Waals surface area contributed by atoms with Crippen LogP contribution < -0.4 is 10.7 Å². The van der Waals surface area contributed by atoms with Gasteiger partial charge in [-0.1, -0.05) is 30.3 Å². The molecule has 0 spiro atoms. The molecule has 1 aromatic carbocycles. The highest BCUT2D eigenvalue weighted by Crippen LogP contribution is 1.93. The number of amides is 1. The normalized spacial score (nSPS) is 15.2. The maximum atomic E-state index is 10.8. The second kappa shape index (κ2) is 4.36. The van der Waals surface area contributed by atoms with Crippen molar-refractivity contribution in [3.8, 4) is 0 Å². The molecule has 0 fully saturated rings. The third kappa shape index (κ3) is 2.63. The van der Waals surface area contributed by atoms with Crippen molar-refractivity contribution in [3.05, 3.63) is 35.9 Å². The number of carbonyl (C=O) groups is 1. The molecule has 1 aromatic rings. The largest absolute Gasteiger partial charge is 0.294 e. The van der Waals surface area contributed by atoms with Gasteiger partial charge in [0.15, 0.2) is 0 Å². The van der Waals surface area contributed by atoms with Crippen LogP contribution in [0.1, 0.15) is 5.56 Å². The highest BCUT2D eigenvalue weighted by Gasteiger charge is 2.11. The molecule has 76 valence electrons. The summed E-state index contributed by atoms with van der Waals surface area (Å²) in [6, 6.07) is 9.65. The first-order chi connectivity index (χ1) is 7.34. The average Bonchev–Trinajstić information content (AvgIpc) is 2.66. The zero-order valence-corrected chi connectivity index (χ0v) is 7.97. The third-order valence-electron chi connectivity index (χ3n) is 1.82. The van der Waals surface area contributed by atoms with Gasteiger partial charge in [0.2, 0.25) is 11.9 Å². The van der Waals surface area contributed by atoms with E-state index in [0.717, 1.165) is 5.56 Å². The van der Waals surface area contributed by atoms with Crippen LogP contribution in [0.2, 0.25) is 0 Å². The fraction of sp³-hybridized carbons (Fsp3) is 0.100. The van der Waals surface area contributed by atoms with Crippen molar-refractivity contribution < 1.29 is 4.79 Å². The van der Waals surface area contributed by atoms with Crippen molar-refractivity contribution >= 4 is 18.1 Å². The Morgan fingerprint density at radius 2 is 2.20 bits per heavy atom. The minimum Gasteiger partial charge on any atom is -0.294 e. The Balaban J connectivity index is 1.88. The van der Waals surface area contributed by atoms with Crippen molar-refractivity contribution in [1.82, 2.24) is 10.7 Å². The number of nitrogens with one attached hydrogen (secondary N) is 2. The van der Waals surface area contributed by atoms with Crippen LogP contribution in [-0.2, 0) is 4.79 Å². The molecule has 0 aromatic heterocycles. The van der Waals surface area contributed by atoms with E-state index in [1.54, 1.807) is 6.21 Å². The second-order valence-electron chi connectivity index (χ2n) is 2.99. The summed E-state index contributed by atoms with van der Waals surface area (Å²) in [4.78, 5) is 14.6. The van der Waals surface area contributed by atoms with Crippen LogP contribution >= 0.6 is 0 Å². The Kier molecular flexibility index (Phi) is 2.73. The van der Waals surface area contributed by atoms with Crippen molar-refractivity contribution in [2.75, 3.05) is 6.54 Å². The predicted octanol–water partition coefficient (Wildman–Crippen LogP) is 0.0959. The van der Waals surface area contributed by atoms with E-state index in [1.807, 2.05) is 30.3 Å². The van der Waals surface area contributed by atoms with E-state index in [1.165, 1.54) is 0 Å². The molecule has 0 saturated heterocycles. The molecule has 5 heteroatoms. The summed E-state index contributed by atoms with van der Waals surface area (Å²) in [5.41, 5.74) is 3.63. The van der Waals surface area contributed by atoms with Gasteiger partial charge in [-0.25, -0.2) is 10.4 Å². The highest BCUT2D eigenvalue weighted by molar-refractivity contribution is 6.03. The first-order valence-corrected chi connectivity index (χ1v) is 4.53. The van der Waals surface area contributed by atoms with Gasteiger partial charge >= 0.3 is 0 Å². The van der Waals surface area contributed by atoms with E-state index >= 15 is 0 Å². The quantitative estimate of drug-likeness (QED) is 0.527. The minimum atomic E-state index is -0.118. The van der Waals surface area contributed by atoms with Gasteiger partial charge in [-0.3, -0.25) is 10.1 Å². The van der Waals surface area contributed by atoms with E-state index in [2.05, 4.69) is 20.8 Å². The fourth-order valence-corrected chi connectivity index (χ4v) is 1.13. The predicted molar refractivity (Wildman–Crippen MR) is 57.6 cm³/mol. The number of hydrazone groups is 1. The fourth-order valence-electron chi connectivity index (χ4n) is 1.13. The van der Waals surface area contributed by atoms with Gasteiger partial charge in [0.05, 0.1) is 6.21 Å². The Hall–Kier alpha value is -2.17. The van der Waals surface area contributed by atoms with Crippen LogP contribution in [0.5, 0.6) is 0 Å². The monoisotopic (exact) mass is 202 g/mol. The molecule has 5 nitrogen and oxygen atoms in total. The molecule has 0 unspecified atom stereocenters. The van der Waals surface area contributed by atoms with Gasteiger partial charge in [0, 0.05) is 0 Å². The van der Waals surface area contributed by atoms with Gasteiger partial charge in [0.25, 0.3) is 0 Å². The lowest BCUT2D eigenvalue weighted by Crippen LogP contribution is -2.33. The Labute approximate surface area is 86.9 Å². The number of nitrogens with zero attached hydrogens (tertiary/aromatic N) is 2. The summed E-state index contributed by atoms with van der Waals surface area (Å²) in [5.74, 6) is 0.277. The summed E-state index contributed by atoms with van der Waals surface area (Å²) in [6.07, 6.45) is 1.66. The Bertz CT molecular complexity index is 411. The molecule has 0 aliphatic carbocycles. The molecule has 2 N–H and O–H groups in total. The molecule has 2 rings (SSSR count). The minimum absolute atomic E-state index is 0.118. The summed E-state index contributed by atoms with van der Waals surface area (Å²) in [5, 5.41) is 6.46. The lowest BCUT2D eigenvalue weighted by molar-refractivity contribution is -0.117. The number of rotatable bonds is 2. The standard InChI is InChI=1S/C10H10N4O/c15-9-7-11-10(13-9)14-12-6-8-4-2-1-3-5-8/h1-6H,7H2,(H2,11,13,14,15). The van der Waals surface area contributed by atoms with Crippen LogP contribution in [0.4, 0.5) is 0 Å². The zero-order valence-electron chi connectivity index (χ0n) is 7.97. The molecule has 1 heterocycles.